The van der Waals surface area contributed by atoms with Crippen molar-refractivity contribution in [3.63, 3.8) is 0 Å². The molecule has 1 aromatic carbocycles. The summed E-state index contributed by atoms with van der Waals surface area (Å²) < 4.78 is 18.6. The first-order chi connectivity index (χ1) is 14.4. The molecular weight excluding hydrogens is 389 g/mol. The number of ketones is 1. The Morgan fingerprint density at radius 1 is 1.07 bits per heavy atom. The highest BCUT2D eigenvalue weighted by Gasteiger charge is 2.33. The molecule has 1 fully saturated rings. The van der Waals surface area contributed by atoms with E-state index in [2.05, 4.69) is 16.8 Å². The van der Waals surface area contributed by atoms with Crippen molar-refractivity contribution in [2.24, 2.45) is 0 Å². The van der Waals surface area contributed by atoms with Gasteiger partial charge >= 0.3 is 5.97 Å². The number of Topliss-reactive ketones (excluding diaryl/α,β-unsaturated/α-hetero) is 1. The van der Waals surface area contributed by atoms with Gasteiger partial charge in [-0.1, -0.05) is 19.1 Å². The molecule has 1 N–H and O–H groups in total. The number of hydrogen-bond acceptors (Lipinski definition) is 5. The third-order valence-corrected chi connectivity index (χ3v) is 5.33. The van der Waals surface area contributed by atoms with E-state index < -0.39 is 23.5 Å². The largest absolute Gasteiger partial charge is 0.462 e. The van der Waals surface area contributed by atoms with Crippen molar-refractivity contribution in [2.75, 3.05) is 39.3 Å². The van der Waals surface area contributed by atoms with Crippen LogP contribution < -0.4 is 0 Å². The molecule has 1 aliphatic heterocycles. The number of ether oxygens (including phenoxy) is 1. The fourth-order valence-electron chi connectivity index (χ4n) is 3.68. The Morgan fingerprint density at radius 2 is 1.70 bits per heavy atom. The Balaban J connectivity index is 2.00. The first-order valence-corrected chi connectivity index (χ1v) is 10.1. The van der Waals surface area contributed by atoms with Gasteiger partial charge in [-0.2, -0.15) is 0 Å². The summed E-state index contributed by atoms with van der Waals surface area (Å²) in [4.78, 5) is 45.3. The average molecular weight is 415 g/mol. The highest BCUT2D eigenvalue weighted by atomic mass is 19.1. The number of aromatic nitrogens is 1. The van der Waals surface area contributed by atoms with Crippen LogP contribution in [-0.4, -0.2) is 71.8 Å². The van der Waals surface area contributed by atoms with Gasteiger partial charge in [0.2, 0.25) is 0 Å². The molecule has 0 radical (unpaired) electrons. The molecule has 0 atom stereocenters. The average Bonchev–Trinajstić information content (AvgIpc) is 3.10. The molecule has 1 saturated heterocycles. The third kappa shape index (κ3) is 4.28. The quantitative estimate of drug-likeness (QED) is 0.446. The van der Waals surface area contributed by atoms with E-state index in [0.717, 1.165) is 6.54 Å². The normalized spacial score (nSPS) is 14.6. The number of amides is 1. The van der Waals surface area contributed by atoms with Crippen LogP contribution in [0.3, 0.4) is 0 Å². The first kappa shape index (κ1) is 21.7. The minimum Gasteiger partial charge on any atom is -0.462 e. The number of nitrogens with zero attached hydrogens (tertiary/aromatic N) is 2. The van der Waals surface area contributed by atoms with Crippen LogP contribution in [0.5, 0.6) is 0 Å². The lowest BCUT2D eigenvalue weighted by atomic mass is 9.98. The van der Waals surface area contributed by atoms with Gasteiger partial charge in [-0.05, 0) is 38.1 Å². The van der Waals surface area contributed by atoms with Crippen molar-refractivity contribution in [3.8, 4) is 11.1 Å². The van der Waals surface area contributed by atoms with Crippen molar-refractivity contribution in [2.45, 2.75) is 20.8 Å². The number of rotatable bonds is 6. The zero-order valence-electron chi connectivity index (χ0n) is 17.5. The second-order valence-corrected chi connectivity index (χ2v) is 7.16. The molecule has 0 bridgehead atoms. The van der Waals surface area contributed by atoms with Crippen LogP contribution in [0.1, 0.15) is 40.4 Å². The van der Waals surface area contributed by atoms with Crippen LogP contribution in [0, 0.1) is 12.7 Å². The third-order valence-electron chi connectivity index (χ3n) is 5.33. The fraction of sp³-hybridized carbons (Fsp3) is 0.409. The van der Waals surface area contributed by atoms with Crippen LogP contribution >= 0.6 is 0 Å². The molecule has 30 heavy (non-hydrogen) atoms. The van der Waals surface area contributed by atoms with Crippen LogP contribution in [0.15, 0.2) is 24.3 Å². The maximum atomic E-state index is 13.4. The SMILES string of the molecule is CCOC(=O)c1c(C)[nH]c(C(=O)C(=O)N2CCN(CC)CC2)c1-c1ccc(F)cc1. The zero-order chi connectivity index (χ0) is 21.8. The van der Waals surface area contributed by atoms with Gasteiger partial charge in [0, 0.05) is 37.4 Å². The number of aryl methyl sites for hydroxylation is 1. The van der Waals surface area contributed by atoms with Crippen molar-refractivity contribution in [1.29, 1.82) is 0 Å². The fourth-order valence-corrected chi connectivity index (χ4v) is 3.68. The van der Waals surface area contributed by atoms with E-state index >= 15 is 0 Å². The lowest BCUT2D eigenvalue weighted by Gasteiger charge is -2.33. The van der Waals surface area contributed by atoms with E-state index in [1.807, 2.05) is 0 Å². The van der Waals surface area contributed by atoms with Crippen LogP contribution in [0.4, 0.5) is 4.39 Å². The minimum atomic E-state index is -0.724. The van der Waals surface area contributed by atoms with E-state index in [9.17, 15) is 18.8 Å². The summed E-state index contributed by atoms with van der Waals surface area (Å²) in [6, 6.07) is 5.43. The summed E-state index contributed by atoms with van der Waals surface area (Å²) in [7, 11) is 0. The van der Waals surface area contributed by atoms with Gasteiger partial charge in [-0.15, -0.1) is 0 Å². The number of carbonyl (C=O) groups is 3. The molecule has 0 spiro atoms. The smallest absolute Gasteiger partial charge is 0.340 e. The number of esters is 1. The van der Waals surface area contributed by atoms with E-state index in [4.69, 9.17) is 4.74 Å². The number of H-pyrrole nitrogens is 1. The van der Waals surface area contributed by atoms with Gasteiger partial charge in [0.1, 0.15) is 11.5 Å². The summed E-state index contributed by atoms with van der Waals surface area (Å²) in [5, 5.41) is 0. The van der Waals surface area contributed by atoms with Gasteiger partial charge in [0.25, 0.3) is 11.7 Å². The first-order valence-electron chi connectivity index (χ1n) is 10.1. The van der Waals surface area contributed by atoms with Crippen molar-refractivity contribution >= 4 is 17.7 Å². The number of hydrogen-bond donors (Lipinski definition) is 1. The maximum absolute atomic E-state index is 13.4. The monoisotopic (exact) mass is 415 g/mol. The summed E-state index contributed by atoms with van der Waals surface area (Å²) >= 11 is 0. The molecule has 2 aromatic rings. The zero-order valence-corrected chi connectivity index (χ0v) is 17.5. The predicted octanol–water partition coefficient (Wildman–Crippen LogP) is 2.65. The van der Waals surface area contributed by atoms with Crippen molar-refractivity contribution in [1.82, 2.24) is 14.8 Å². The maximum Gasteiger partial charge on any atom is 0.340 e. The number of benzene rings is 1. The van der Waals surface area contributed by atoms with Crippen molar-refractivity contribution in [3.05, 3.63) is 47.0 Å². The van der Waals surface area contributed by atoms with Gasteiger partial charge < -0.3 is 19.5 Å². The lowest BCUT2D eigenvalue weighted by Crippen LogP contribution is -2.50. The van der Waals surface area contributed by atoms with Crippen LogP contribution in [-0.2, 0) is 9.53 Å². The Hall–Kier alpha value is -3.00. The molecule has 3 rings (SSSR count). The molecule has 1 aromatic heterocycles. The Morgan fingerprint density at radius 3 is 2.27 bits per heavy atom. The van der Waals surface area contributed by atoms with Gasteiger partial charge in [0.15, 0.2) is 0 Å². The summed E-state index contributed by atoms with van der Waals surface area (Å²) in [5.74, 6) is -2.39. The molecule has 160 valence electrons. The van der Waals surface area contributed by atoms with Gasteiger partial charge in [-0.3, -0.25) is 9.59 Å². The second-order valence-electron chi connectivity index (χ2n) is 7.16. The molecule has 8 heteroatoms. The Labute approximate surface area is 174 Å². The van der Waals surface area contributed by atoms with Crippen molar-refractivity contribution < 1.29 is 23.5 Å². The topological polar surface area (TPSA) is 82.7 Å². The molecule has 0 saturated carbocycles. The summed E-state index contributed by atoms with van der Waals surface area (Å²) in [6.45, 7) is 8.78. The van der Waals surface area contributed by atoms with E-state index in [1.54, 1.807) is 13.8 Å². The number of halogens is 1. The molecular formula is C22H26FN3O4. The van der Waals surface area contributed by atoms with Gasteiger partial charge in [-0.25, -0.2) is 9.18 Å². The molecule has 1 amide bonds. The standard InChI is InChI=1S/C22H26FN3O4/c1-4-25-10-12-26(13-11-25)21(28)20(27)19-18(15-6-8-16(23)9-7-15)17(14(3)24-19)22(29)30-5-2/h6-9,24H,4-5,10-13H2,1-3H3. The van der Waals surface area contributed by atoms with E-state index in [0.29, 0.717) is 37.4 Å². The molecule has 0 unspecified atom stereocenters. The number of piperazine rings is 1. The van der Waals surface area contributed by atoms with Crippen LogP contribution in [0.2, 0.25) is 0 Å². The van der Waals surface area contributed by atoms with Crippen LogP contribution in [0.25, 0.3) is 11.1 Å². The highest BCUT2D eigenvalue weighted by Crippen LogP contribution is 2.32. The highest BCUT2D eigenvalue weighted by molar-refractivity contribution is 6.43. The molecule has 0 aliphatic carbocycles. The summed E-state index contributed by atoms with van der Waals surface area (Å²) in [5.41, 5.74) is 1.33. The Kier molecular flexibility index (Phi) is 6.66. The number of aromatic amines is 1. The molecule has 2 heterocycles. The van der Waals surface area contributed by atoms with E-state index in [-0.39, 0.29) is 23.4 Å². The van der Waals surface area contributed by atoms with E-state index in [1.165, 1.54) is 29.2 Å². The Bertz CT molecular complexity index is 944. The molecule has 1 aliphatic rings. The van der Waals surface area contributed by atoms with Gasteiger partial charge in [0.05, 0.1) is 12.2 Å². The predicted molar refractivity (Wildman–Crippen MR) is 110 cm³/mol. The number of likely N-dealkylation sites (N-methyl/N-ethyl adjacent to an activating group) is 1. The second kappa shape index (κ2) is 9.21. The minimum absolute atomic E-state index is 0.0186. The molecule has 7 nitrogen and oxygen atoms in total. The number of nitrogens with one attached hydrogen (secondary N) is 1. The lowest BCUT2D eigenvalue weighted by molar-refractivity contribution is -0.128. The summed E-state index contributed by atoms with van der Waals surface area (Å²) in [6.07, 6.45) is 0. The number of carbonyl (C=O) groups excluding carboxylic acids is 3.